The molecule has 0 saturated carbocycles. The Morgan fingerprint density at radius 3 is 1.30 bits per heavy atom. The fraction of sp³-hybridized carbons (Fsp3) is 1.00. The SMILES string of the molecule is CCCCCCCCCCCCCCC[C@H]([NH3+])[C@H](C)[NH3+]. The smallest absolute Gasteiger partial charge is 0.136 e. The van der Waals surface area contributed by atoms with E-state index in [0.29, 0.717) is 12.1 Å². The van der Waals surface area contributed by atoms with Crippen LogP contribution in [-0.2, 0) is 0 Å². The maximum atomic E-state index is 4.17. The van der Waals surface area contributed by atoms with Crippen molar-refractivity contribution in [1.82, 2.24) is 0 Å². The number of rotatable bonds is 15. The minimum absolute atomic E-state index is 0.507. The number of hydrogen-bond donors (Lipinski definition) is 2. The van der Waals surface area contributed by atoms with E-state index in [4.69, 9.17) is 0 Å². The van der Waals surface area contributed by atoms with Gasteiger partial charge in [-0.05, 0) is 13.3 Å². The Balaban J connectivity index is 3.03. The van der Waals surface area contributed by atoms with Crippen LogP contribution >= 0.6 is 0 Å². The Bertz CT molecular complexity index is 180. The van der Waals surface area contributed by atoms with Crippen molar-refractivity contribution >= 4 is 0 Å². The van der Waals surface area contributed by atoms with E-state index < -0.39 is 0 Å². The number of quaternary nitrogens is 2. The largest absolute Gasteiger partial charge is 0.350 e. The molecule has 6 N–H and O–H groups in total. The van der Waals surface area contributed by atoms with Crippen molar-refractivity contribution < 1.29 is 11.5 Å². The molecule has 20 heavy (non-hydrogen) atoms. The average molecular weight is 287 g/mol. The van der Waals surface area contributed by atoms with Gasteiger partial charge in [0.2, 0.25) is 0 Å². The summed E-state index contributed by atoms with van der Waals surface area (Å²) >= 11 is 0. The van der Waals surface area contributed by atoms with Gasteiger partial charge in [-0.15, -0.1) is 0 Å². The first-order valence-electron chi connectivity index (χ1n) is 9.34. The average Bonchev–Trinajstić information content (AvgIpc) is 2.43. The molecule has 0 aromatic heterocycles. The molecule has 2 heteroatoms. The van der Waals surface area contributed by atoms with Crippen molar-refractivity contribution in [2.45, 2.75) is 116 Å². The van der Waals surface area contributed by atoms with Crippen LogP contribution in [0.3, 0.4) is 0 Å². The van der Waals surface area contributed by atoms with Crippen LogP contribution < -0.4 is 11.5 Å². The molecule has 2 nitrogen and oxygen atoms in total. The molecule has 0 bridgehead atoms. The molecule has 0 aliphatic heterocycles. The van der Waals surface area contributed by atoms with Crippen LogP contribution in [0.15, 0.2) is 0 Å². The Morgan fingerprint density at radius 1 is 0.600 bits per heavy atom. The normalized spacial score (nSPS) is 14.4. The molecule has 0 heterocycles. The Kier molecular flexibility index (Phi) is 15.3. The van der Waals surface area contributed by atoms with Gasteiger partial charge in [0.15, 0.2) is 0 Å². The third-order valence-corrected chi connectivity index (χ3v) is 4.48. The molecule has 0 radical (unpaired) electrons. The fourth-order valence-corrected chi connectivity index (χ4v) is 2.71. The molecule has 0 spiro atoms. The molecule has 0 fully saturated rings. The van der Waals surface area contributed by atoms with Crippen molar-refractivity contribution in [3.8, 4) is 0 Å². The van der Waals surface area contributed by atoms with Gasteiger partial charge in [0.25, 0.3) is 0 Å². The van der Waals surface area contributed by atoms with Crippen LogP contribution in [0, 0.1) is 0 Å². The lowest BCUT2D eigenvalue weighted by Crippen LogP contribution is -2.78. The molecule has 122 valence electrons. The molecule has 0 unspecified atom stereocenters. The minimum Gasteiger partial charge on any atom is -0.350 e. The van der Waals surface area contributed by atoms with E-state index in [0.717, 1.165) is 0 Å². The summed E-state index contributed by atoms with van der Waals surface area (Å²) < 4.78 is 0. The molecule has 0 aliphatic carbocycles. The molecule has 0 rings (SSSR count). The summed E-state index contributed by atoms with van der Waals surface area (Å²) in [5.41, 5.74) is 8.23. The van der Waals surface area contributed by atoms with Gasteiger partial charge < -0.3 is 11.5 Å². The molecule has 0 saturated heterocycles. The van der Waals surface area contributed by atoms with E-state index in [9.17, 15) is 0 Å². The van der Waals surface area contributed by atoms with Gasteiger partial charge in [0.05, 0.1) is 0 Å². The standard InChI is InChI=1S/C18H40N2/c1-3-4-5-6-7-8-9-10-11-12-13-14-15-16-18(20)17(2)19/h17-18H,3-16,19-20H2,1-2H3/p+2/t17-,18-/m0/s1. The predicted molar refractivity (Wildman–Crippen MR) is 89.3 cm³/mol. The van der Waals surface area contributed by atoms with E-state index in [1.165, 1.54) is 89.9 Å². The zero-order valence-electron chi connectivity index (χ0n) is 14.5. The molecule has 0 aromatic rings. The van der Waals surface area contributed by atoms with Crippen LogP contribution in [0.5, 0.6) is 0 Å². The van der Waals surface area contributed by atoms with E-state index in [-0.39, 0.29) is 0 Å². The summed E-state index contributed by atoms with van der Waals surface area (Å²) in [5, 5.41) is 0. The molecule has 0 aromatic carbocycles. The second-order valence-electron chi connectivity index (χ2n) is 6.77. The summed E-state index contributed by atoms with van der Waals surface area (Å²) in [6.45, 7) is 4.47. The summed E-state index contributed by atoms with van der Waals surface area (Å²) in [4.78, 5) is 0. The second-order valence-corrected chi connectivity index (χ2v) is 6.77. The van der Waals surface area contributed by atoms with Crippen LogP contribution in [0.2, 0.25) is 0 Å². The van der Waals surface area contributed by atoms with Crippen molar-refractivity contribution in [2.24, 2.45) is 0 Å². The first-order chi connectivity index (χ1) is 9.68. The highest BCUT2D eigenvalue weighted by atomic mass is 14.8. The molecule has 2 atom stereocenters. The molecular formula is C18H42N2+2. The zero-order valence-corrected chi connectivity index (χ0v) is 14.5. The summed E-state index contributed by atoms with van der Waals surface area (Å²) in [5.74, 6) is 0. The summed E-state index contributed by atoms with van der Waals surface area (Å²) in [6, 6.07) is 1.06. The fourth-order valence-electron chi connectivity index (χ4n) is 2.71. The van der Waals surface area contributed by atoms with Gasteiger partial charge in [-0.2, -0.15) is 0 Å². The van der Waals surface area contributed by atoms with Gasteiger partial charge >= 0.3 is 0 Å². The second kappa shape index (κ2) is 15.3. The van der Waals surface area contributed by atoms with Gasteiger partial charge in [-0.3, -0.25) is 0 Å². The van der Waals surface area contributed by atoms with Crippen molar-refractivity contribution in [2.75, 3.05) is 0 Å². The third kappa shape index (κ3) is 14.3. The number of hydrogen-bond acceptors (Lipinski definition) is 0. The van der Waals surface area contributed by atoms with E-state index >= 15 is 0 Å². The van der Waals surface area contributed by atoms with Crippen LogP contribution in [-0.4, -0.2) is 12.1 Å². The van der Waals surface area contributed by atoms with Crippen LogP contribution in [0.1, 0.15) is 104 Å². The molecule has 0 amide bonds. The highest BCUT2D eigenvalue weighted by Crippen LogP contribution is 2.13. The van der Waals surface area contributed by atoms with Gasteiger partial charge in [-0.25, -0.2) is 0 Å². The van der Waals surface area contributed by atoms with E-state index in [1.807, 2.05) is 0 Å². The summed E-state index contributed by atoms with van der Waals surface area (Å²) in [7, 11) is 0. The Labute approximate surface area is 128 Å². The highest BCUT2D eigenvalue weighted by molar-refractivity contribution is 4.59. The lowest BCUT2D eigenvalue weighted by atomic mass is 10.0. The Morgan fingerprint density at radius 2 is 0.950 bits per heavy atom. The van der Waals surface area contributed by atoms with Crippen LogP contribution in [0.4, 0.5) is 0 Å². The predicted octanol–water partition coefficient (Wildman–Crippen LogP) is 3.71. The van der Waals surface area contributed by atoms with E-state index in [2.05, 4.69) is 25.3 Å². The monoisotopic (exact) mass is 286 g/mol. The quantitative estimate of drug-likeness (QED) is 0.431. The van der Waals surface area contributed by atoms with E-state index in [1.54, 1.807) is 0 Å². The van der Waals surface area contributed by atoms with Crippen molar-refractivity contribution in [1.29, 1.82) is 0 Å². The Hall–Kier alpha value is -0.0800. The summed E-state index contributed by atoms with van der Waals surface area (Å²) in [6.07, 6.45) is 19.9. The van der Waals surface area contributed by atoms with Gasteiger partial charge in [0, 0.05) is 6.42 Å². The molecular weight excluding hydrogens is 244 g/mol. The molecule has 0 aliphatic rings. The van der Waals surface area contributed by atoms with Gasteiger partial charge in [0.1, 0.15) is 12.1 Å². The zero-order chi connectivity index (χ0) is 15.1. The van der Waals surface area contributed by atoms with Crippen LogP contribution in [0.25, 0.3) is 0 Å². The van der Waals surface area contributed by atoms with Crippen molar-refractivity contribution in [3.63, 3.8) is 0 Å². The first-order valence-corrected chi connectivity index (χ1v) is 9.34. The maximum absolute atomic E-state index is 4.17. The number of unbranched alkanes of at least 4 members (excludes halogenated alkanes) is 12. The first kappa shape index (κ1) is 19.9. The highest BCUT2D eigenvalue weighted by Gasteiger charge is 2.13. The third-order valence-electron chi connectivity index (χ3n) is 4.48. The maximum Gasteiger partial charge on any atom is 0.136 e. The topological polar surface area (TPSA) is 55.3 Å². The van der Waals surface area contributed by atoms with Gasteiger partial charge in [-0.1, -0.05) is 84.0 Å². The van der Waals surface area contributed by atoms with Crippen molar-refractivity contribution in [3.05, 3.63) is 0 Å². The lowest BCUT2D eigenvalue weighted by molar-refractivity contribution is -0.525. The minimum atomic E-state index is 0.507. The lowest BCUT2D eigenvalue weighted by Gasteiger charge is -2.09.